The number of amides is 2. The molecule has 24 heavy (non-hydrogen) atoms. The topological polar surface area (TPSA) is 95.1 Å². The normalized spacial score (nSPS) is 25.2. The lowest BCUT2D eigenvalue weighted by Gasteiger charge is -2.19. The van der Waals surface area contributed by atoms with Crippen molar-refractivity contribution in [3.8, 4) is 5.75 Å². The van der Waals surface area contributed by atoms with Crippen LogP contribution in [0.2, 0.25) is 0 Å². The number of hydrogen-bond acceptors (Lipinski definition) is 6. The Labute approximate surface area is 141 Å². The Hall–Kier alpha value is -1.87. The van der Waals surface area contributed by atoms with E-state index in [2.05, 4.69) is 23.0 Å². The highest BCUT2D eigenvalue weighted by atomic mass is 16.7. The van der Waals surface area contributed by atoms with Crippen molar-refractivity contribution >= 4 is 6.03 Å². The van der Waals surface area contributed by atoms with Crippen LogP contribution in [-0.4, -0.2) is 49.1 Å². The number of carbonyl (C=O) groups excluding carboxylic acids is 1. The molecule has 2 heterocycles. The lowest BCUT2D eigenvalue weighted by atomic mass is 10.0. The molecule has 0 aliphatic carbocycles. The van der Waals surface area contributed by atoms with Gasteiger partial charge >= 0.3 is 6.03 Å². The molecule has 3 rings (SSSR count). The van der Waals surface area contributed by atoms with E-state index in [-0.39, 0.29) is 31.1 Å². The Bertz CT molecular complexity index is 597. The fourth-order valence-corrected chi connectivity index (χ4v) is 2.81. The van der Waals surface area contributed by atoms with Crippen LogP contribution in [0.3, 0.4) is 0 Å². The summed E-state index contributed by atoms with van der Waals surface area (Å²) >= 11 is 0. The molecule has 1 aromatic rings. The predicted molar refractivity (Wildman–Crippen MR) is 87.1 cm³/mol. The monoisotopic (exact) mass is 336 g/mol. The Morgan fingerprint density at radius 2 is 2.33 bits per heavy atom. The first-order valence-corrected chi connectivity index (χ1v) is 8.18. The number of aliphatic hydroxyl groups is 1. The number of likely N-dealkylation sites (N-methyl/N-ethyl adjacent to an activating group) is 1. The number of hydroxylamine groups is 1. The summed E-state index contributed by atoms with van der Waals surface area (Å²) in [4.78, 5) is 18.9. The van der Waals surface area contributed by atoms with Gasteiger partial charge in [0, 0.05) is 19.2 Å². The van der Waals surface area contributed by atoms with E-state index in [4.69, 9.17) is 14.7 Å². The number of nitrogens with one attached hydrogen (secondary N) is 3. The van der Waals surface area contributed by atoms with Crippen LogP contribution in [-0.2, 0) is 4.84 Å². The van der Waals surface area contributed by atoms with Gasteiger partial charge in [0.05, 0.1) is 12.6 Å². The van der Waals surface area contributed by atoms with E-state index < -0.39 is 0 Å². The second kappa shape index (κ2) is 7.35. The molecule has 0 aromatic heterocycles. The van der Waals surface area contributed by atoms with E-state index >= 15 is 0 Å². The Balaban J connectivity index is 1.66. The summed E-state index contributed by atoms with van der Waals surface area (Å²) in [6, 6.07) is 5.51. The summed E-state index contributed by atoms with van der Waals surface area (Å²) < 4.78 is 5.73. The van der Waals surface area contributed by atoms with Crippen LogP contribution in [0.1, 0.15) is 36.7 Å². The summed E-state index contributed by atoms with van der Waals surface area (Å²) in [5.41, 5.74) is 4.95. The highest BCUT2D eigenvalue weighted by Gasteiger charge is 2.29. The molecule has 2 aliphatic heterocycles. The number of urea groups is 1. The molecule has 4 N–H and O–H groups in total. The zero-order valence-electron chi connectivity index (χ0n) is 13.9. The maximum atomic E-state index is 12.1. The van der Waals surface area contributed by atoms with Crippen molar-refractivity contribution in [3.63, 3.8) is 0 Å². The quantitative estimate of drug-likeness (QED) is 0.629. The van der Waals surface area contributed by atoms with Crippen LogP contribution in [0.15, 0.2) is 18.2 Å². The fraction of sp³-hybridized carbons (Fsp3) is 0.562. The number of carbonyl (C=O) groups is 1. The number of fused-ring (bicyclic) bond motifs is 1. The third-order valence-corrected chi connectivity index (χ3v) is 4.28. The summed E-state index contributed by atoms with van der Waals surface area (Å²) in [6.45, 7) is 2.68. The molecule has 2 amide bonds. The molecule has 0 radical (unpaired) electrons. The summed E-state index contributed by atoms with van der Waals surface area (Å²) in [6.07, 6.45) is 0.798. The Kier molecular flexibility index (Phi) is 5.20. The van der Waals surface area contributed by atoms with Gasteiger partial charge in [0.1, 0.15) is 24.8 Å². The van der Waals surface area contributed by atoms with Crippen LogP contribution in [0.4, 0.5) is 4.79 Å². The van der Waals surface area contributed by atoms with Gasteiger partial charge in [0.15, 0.2) is 0 Å². The van der Waals surface area contributed by atoms with Crippen molar-refractivity contribution in [1.82, 2.24) is 21.0 Å². The lowest BCUT2D eigenvalue weighted by molar-refractivity contribution is 0.0207. The van der Waals surface area contributed by atoms with E-state index in [1.165, 1.54) is 4.90 Å². The van der Waals surface area contributed by atoms with Gasteiger partial charge in [-0.25, -0.2) is 4.79 Å². The highest BCUT2D eigenvalue weighted by Crippen LogP contribution is 2.34. The Morgan fingerprint density at radius 1 is 1.50 bits per heavy atom. The number of aliphatic hydroxyl groups excluding tert-OH is 1. The third-order valence-electron chi connectivity index (χ3n) is 4.28. The fourth-order valence-electron chi connectivity index (χ4n) is 2.81. The van der Waals surface area contributed by atoms with E-state index in [0.29, 0.717) is 13.2 Å². The van der Waals surface area contributed by atoms with Gasteiger partial charge < -0.3 is 20.1 Å². The van der Waals surface area contributed by atoms with Crippen LogP contribution in [0.25, 0.3) is 0 Å². The van der Waals surface area contributed by atoms with Gasteiger partial charge in [-0.3, -0.25) is 10.2 Å². The lowest BCUT2D eigenvalue weighted by Crippen LogP contribution is -2.41. The van der Waals surface area contributed by atoms with E-state index in [0.717, 1.165) is 23.3 Å². The first kappa shape index (κ1) is 17.0. The molecule has 1 fully saturated rings. The van der Waals surface area contributed by atoms with Gasteiger partial charge in [-0.1, -0.05) is 19.1 Å². The zero-order chi connectivity index (χ0) is 17.1. The van der Waals surface area contributed by atoms with Crippen LogP contribution >= 0.6 is 0 Å². The summed E-state index contributed by atoms with van der Waals surface area (Å²) in [5, 5.41) is 15.2. The van der Waals surface area contributed by atoms with Gasteiger partial charge in [-0.15, -0.1) is 0 Å². The van der Waals surface area contributed by atoms with E-state index in [1.54, 1.807) is 7.05 Å². The van der Waals surface area contributed by atoms with Crippen molar-refractivity contribution in [1.29, 1.82) is 0 Å². The first-order valence-electron chi connectivity index (χ1n) is 8.18. The predicted octanol–water partition coefficient (Wildman–Crippen LogP) is 0.613. The molecule has 2 unspecified atom stereocenters. The van der Waals surface area contributed by atoms with Crippen LogP contribution in [0.5, 0.6) is 5.75 Å². The number of nitrogens with zero attached hydrogens (tertiary/aromatic N) is 1. The maximum absolute atomic E-state index is 12.1. The molecule has 0 saturated carbocycles. The van der Waals surface area contributed by atoms with Crippen molar-refractivity contribution in [3.05, 3.63) is 29.3 Å². The molecular formula is C16H24N4O4. The minimum absolute atomic E-state index is 0.00160. The van der Waals surface area contributed by atoms with E-state index in [9.17, 15) is 4.79 Å². The standard InChI is InChI=1S/C16H24N4O4/c1-3-14-18-15(19-24-14)10-4-5-11-12(9-23-13(11)8-10)17-16(22)20(2)6-7-21/h4-5,8,12,14-15,18-19,21H,3,6-7,9H2,1-2H3,(H,17,22)/t12-,14?,15?/m1/s1. The highest BCUT2D eigenvalue weighted by molar-refractivity contribution is 5.74. The first-order chi connectivity index (χ1) is 11.6. The van der Waals surface area contributed by atoms with Crippen molar-refractivity contribution in [2.45, 2.75) is 31.8 Å². The second-order valence-electron chi connectivity index (χ2n) is 5.99. The average molecular weight is 336 g/mol. The molecule has 8 nitrogen and oxygen atoms in total. The zero-order valence-corrected chi connectivity index (χ0v) is 13.9. The van der Waals surface area contributed by atoms with Crippen molar-refractivity contribution < 1.29 is 19.5 Å². The van der Waals surface area contributed by atoms with Gasteiger partial charge in [0.2, 0.25) is 0 Å². The molecule has 0 bridgehead atoms. The molecule has 2 aliphatic rings. The Morgan fingerprint density at radius 3 is 3.04 bits per heavy atom. The number of benzene rings is 1. The second-order valence-corrected chi connectivity index (χ2v) is 5.99. The average Bonchev–Trinajstić information content (AvgIpc) is 3.21. The molecule has 0 spiro atoms. The summed E-state index contributed by atoms with van der Waals surface area (Å²) in [7, 11) is 1.65. The van der Waals surface area contributed by atoms with Crippen LogP contribution < -0.4 is 20.9 Å². The molecule has 3 atom stereocenters. The number of rotatable bonds is 5. The largest absolute Gasteiger partial charge is 0.491 e. The third kappa shape index (κ3) is 3.46. The molecule has 1 aromatic carbocycles. The van der Waals surface area contributed by atoms with Gasteiger partial charge in [0.25, 0.3) is 0 Å². The van der Waals surface area contributed by atoms with Gasteiger partial charge in [-0.2, -0.15) is 5.48 Å². The van der Waals surface area contributed by atoms with Crippen molar-refractivity contribution in [2.75, 3.05) is 26.8 Å². The maximum Gasteiger partial charge on any atom is 0.317 e. The van der Waals surface area contributed by atoms with Crippen molar-refractivity contribution in [2.24, 2.45) is 0 Å². The molecular weight excluding hydrogens is 312 g/mol. The van der Waals surface area contributed by atoms with Crippen LogP contribution in [0, 0.1) is 0 Å². The number of ether oxygens (including phenoxy) is 1. The molecule has 1 saturated heterocycles. The molecule has 8 heteroatoms. The minimum atomic E-state index is -0.229. The SMILES string of the molecule is CCC1NC(c2ccc3c(c2)OC[C@H]3NC(=O)N(C)CCO)NO1. The number of hydrogen-bond donors (Lipinski definition) is 4. The van der Waals surface area contributed by atoms with E-state index in [1.807, 2.05) is 18.2 Å². The summed E-state index contributed by atoms with van der Waals surface area (Å²) in [5.74, 6) is 0.770. The molecule has 132 valence electrons. The minimum Gasteiger partial charge on any atom is -0.491 e. The van der Waals surface area contributed by atoms with Gasteiger partial charge in [-0.05, 0) is 18.1 Å². The smallest absolute Gasteiger partial charge is 0.317 e.